The fourth-order valence-corrected chi connectivity index (χ4v) is 2.97. The molecule has 0 saturated heterocycles. The third kappa shape index (κ3) is 4.05. The number of nitrogens with zero attached hydrogens (tertiary/aromatic N) is 2. The van der Waals surface area contributed by atoms with Crippen molar-refractivity contribution in [1.29, 1.82) is 0 Å². The highest BCUT2D eigenvalue weighted by Crippen LogP contribution is 2.34. The molecule has 2 aromatic carbocycles. The standard InChI is InChI=1S/C20H20Cl2N2O/c1-20(2,3)16-12-25-19(23-16)17(13-8-5-4-6-9-13)24-18-14(21)10-7-11-15(18)22/h4-11,16H,12H2,1-3H3/b24-17+/t16-/m1/s1. The molecular formula is C20H20Cl2N2O. The van der Waals surface area contributed by atoms with Crippen LogP contribution in [0.25, 0.3) is 0 Å². The number of aliphatic imine (C=N–C) groups is 2. The minimum atomic E-state index is 0.0194. The molecule has 0 unspecified atom stereocenters. The Kier molecular flexibility index (Phi) is 5.16. The second-order valence-corrected chi connectivity index (χ2v) is 7.84. The van der Waals surface area contributed by atoms with Crippen LogP contribution in [0, 0.1) is 5.41 Å². The maximum Gasteiger partial charge on any atom is 0.236 e. The number of ether oxygens (including phenoxy) is 1. The number of rotatable bonds is 3. The van der Waals surface area contributed by atoms with Crippen LogP contribution in [0.1, 0.15) is 26.3 Å². The van der Waals surface area contributed by atoms with Gasteiger partial charge in [0, 0.05) is 5.56 Å². The zero-order valence-corrected chi connectivity index (χ0v) is 16.0. The zero-order chi connectivity index (χ0) is 18.0. The highest BCUT2D eigenvalue weighted by atomic mass is 35.5. The van der Waals surface area contributed by atoms with Crippen molar-refractivity contribution in [3.8, 4) is 0 Å². The van der Waals surface area contributed by atoms with Gasteiger partial charge in [-0.05, 0) is 17.5 Å². The van der Waals surface area contributed by atoms with Crippen LogP contribution in [-0.2, 0) is 4.74 Å². The van der Waals surface area contributed by atoms with Gasteiger partial charge in [0.25, 0.3) is 0 Å². The van der Waals surface area contributed by atoms with Crippen LogP contribution < -0.4 is 0 Å². The van der Waals surface area contributed by atoms with Crippen molar-refractivity contribution >= 4 is 40.5 Å². The Balaban J connectivity index is 2.11. The molecule has 0 bridgehead atoms. The molecule has 1 atom stereocenters. The molecule has 0 aromatic heterocycles. The molecule has 0 radical (unpaired) electrons. The fraction of sp³-hybridized carbons (Fsp3) is 0.300. The molecule has 0 amide bonds. The molecule has 0 N–H and O–H groups in total. The summed E-state index contributed by atoms with van der Waals surface area (Å²) < 4.78 is 5.89. The molecule has 5 heteroatoms. The summed E-state index contributed by atoms with van der Waals surface area (Å²) in [6, 6.07) is 15.2. The number of para-hydroxylation sites is 1. The first-order valence-corrected chi connectivity index (χ1v) is 8.91. The van der Waals surface area contributed by atoms with Crippen LogP contribution >= 0.6 is 23.2 Å². The van der Waals surface area contributed by atoms with E-state index in [9.17, 15) is 0 Å². The number of halogens is 2. The normalized spacial score (nSPS) is 18.0. The number of benzene rings is 2. The van der Waals surface area contributed by atoms with E-state index in [0.717, 1.165) is 5.56 Å². The number of hydrogen-bond donors (Lipinski definition) is 0. The largest absolute Gasteiger partial charge is 0.474 e. The highest BCUT2D eigenvalue weighted by Gasteiger charge is 2.32. The molecule has 0 saturated carbocycles. The molecule has 3 rings (SSSR count). The molecule has 0 fully saturated rings. The Hall–Kier alpha value is -1.84. The van der Waals surface area contributed by atoms with E-state index in [1.165, 1.54) is 0 Å². The third-order valence-electron chi connectivity index (χ3n) is 4.06. The Morgan fingerprint density at radius 1 is 1.04 bits per heavy atom. The minimum Gasteiger partial charge on any atom is -0.474 e. The second kappa shape index (κ2) is 7.19. The summed E-state index contributed by atoms with van der Waals surface area (Å²) in [5.41, 5.74) is 2.09. The van der Waals surface area contributed by atoms with Gasteiger partial charge in [-0.15, -0.1) is 0 Å². The molecule has 1 heterocycles. The molecule has 1 aliphatic heterocycles. The van der Waals surface area contributed by atoms with Gasteiger partial charge in [0.2, 0.25) is 5.90 Å². The van der Waals surface area contributed by atoms with Gasteiger partial charge in [0.1, 0.15) is 18.0 Å². The van der Waals surface area contributed by atoms with E-state index >= 15 is 0 Å². The quantitative estimate of drug-likeness (QED) is 0.610. The highest BCUT2D eigenvalue weighted by molar-refractivity contribution is 6.47. The van der Waals surface area contributed by atoms with Gasteiger partial charge in [-0.25, -0.2) is 9.98 Å². The zero-order valence-electron chi connectivity index (χ0n) is 14.5. The van der Waals surface area contributed by atoms with Gasteiger partial charge in [0.15, 0.2) is 0 Å². The van der Waals surface area contributed by atoms with Crippen LogP contribution in [0.3, 0.4) is 0 Å². The molecule has 2 aromatic rings. The van der Waals surface area contributed by atoms with E-state index in [-0.39, 0.29) is 11.5 Å². The van der Waals surface area contributed by atoms with Crippen molar-refractivity contribution in [3.05, 3.63) is 64.1 Å². The maximum atomic E-state index is 6.30. The predicted molar refractivity (Wildman–Crippen MR) is 106 cm³/mol. The van der Waals surface area contributed by atoms with Crippen molar-refractivity contribution in [2.24, 2.45) is 15.4 Å². The monoisotopic (exact) mass is 374 g/mol. The van der Waals surface area contributed by atoms with Gasteiger partial charge in [-0.3, -0.25) is 0 Å². The maximum absolute atomic E-state index is 6.30. The van der Waals surface area contributed by atoms with E-state index in [2.05, 4.69) is 20.8 Å². The fourth-order valence-electron chi connectivity index (χ4n) is 2.49. The Bertz CT molecular complexity index is 803. The average Bonchev–Trinajstić information content (AvgIpc) is 3.05. The molecule has 130 valence electrons. The lowest BCUT2D eigenvalue weighted by molar-refractivity contribution is 0.237. The summed E-state index contributed by atoms with van der Waals surface area (Å²) in [5.74, 6) is 0.530. The van der Waals surface area contributed by atoms with Gasteiger partial charge in [-0.2, -0.15) is 0 Å². The Morgan fingerprint density at radius 3 is 2.24 bits per heavy atom. The van der Waals surface area contributed by atoms with Gasteiger partial charge >= 0.3 is 0 Å². The van der Waals surface area contributed by atoms with Gasteiger partial charge < -0.3 is 4.74 Å². The topological polar surface area (TPSA) is 34.0 Å². The summed E-state index contributed by atoms with van der Waals surface area (Å²) >= 11 is 12.6. The lowest BCUT2D eigenvalue weighted by Gasteiger charge is -2.21. The van der Waals surface area contributed by atoms with Crippen LogP contribution in [0.2, 0.25) is 10.0 Å². The average molecular weight is 375 g/mol. The van der Waals surface area contributed by atoms with E-state index in [1.807, 2.05) is 30.3 Å². The van der Waals surface area contributed by atoms with Crippen LogP contribution in [0.15, 0.2) is 58.5 Å². The van der Waals surface area contributed by atoms with E-state index < -0.39 is 0 Å². The van der Waals surface area contributed by atoms with Crippen LogP contribution in [0.4, 0.5) is 5.69 Å². The first-order valence-electron chi connectivity index (χ1n) is 8.15. The Morgan fingerprint density at radius 2 is 1.68 bits per heavy atom. The van der Waals surface area contributed by atoms with Crippen LogP contribution in [-0.4, -0.2) is 24.3 Å². The summed E-state index contributed by atoms with van der Waals surface area (Å²) in [6.07, 6.45) is 0. The third-order valence-corrected chi connectivity index (χ3v) is 4.67. The molecule has 25 heavy (non-hydrogen) atoms. The summed E-state index contributed by atoms with van der Waals surface area (Å²) in [6.45, 7) is 6.99. The molecule has 0 aliphatic carbocycles. The van der Waals surface area contributed by atoms with E-state index in [4.69, 9.17) is 37.9 Å². The van der Waals surface area contributed by atoms with Crippen molar-refractivity contribution in [2.75, 3.05) is 6.61 Å². The summed E-state index contributed by atoms with van der Waals surface area (Å²) in [5, 5.41) is 0.985. The number of hydrogen-bond acceptors (Lipinski definition) is 3. The lowest BCUT2D eigenvalue weighted by Crippen LogP contribution is -2.25. The van der Waals surface area contributed by atoms with E-state index in [0.29, 0.717) is 33.9 Å². The van der Waals surface area contributed by atoms with E-state index in [1.54, 1.807) is 18.2 Å². The minimum absolute atomic E-state index is 0.0194. The predicted octanol–water partition coefficient (Wildman–Crippen LogP) is 5.96. The van der Waals surface area contributed by atoms with Gasteiger partial charge in [0.05, 0.1) is 16.1 Å². The first kappa shape index (κ1) is 18.0. The lowest BCUT2D eigenvalue weighted by atomic mass is 9.88. The summed E-state index contributed by atoms with van der Waals surface area (Å²) in [7, 11) is 0. The smallest absolute Gasteiger partial charge is 0.236 e. The van der Waals surface area contributed by atoms with Crippen molar-refractivity contribution < 1.29 is 4.74 Å². The molecule has 1 aliphatic rings. The summed E-state index contributed by atoms with van der Waals surface area (Å²) in [4.78, 5) is 9.49. The van der Waals surface area contributed by atoms with Crippen LogP contribution in [0.5, 0.6) is 0 Å². The molecule has 0 spiro atoms. The van der Waals surface area contributed by atoms with Gasteiger partial charge in [-0.1, -0.05) is 80.4 Å². The Labute approximate surface area is 158 Å². The molecule has 3 nitrogen and oxygen atoms in total. The van der Waals surface area contributed by atoms with Crippen molar-refractivity contribution in [3.63, 3.8) is 0 Å². The van der Waals surface area contributed by atoms with Crippen molar-refractivity contribution in [1.82, 2.24) is 0 Å². The second-order valence-electron chi connectivity index (χ2n) is 7.02. The first-order chi connectivity index (χ1) is 11.9. The van der Waals surface area contributed by atoms with Crippen molar-refractivity contribution in [2.45, 2.75) is 26.8 Å². The molecular weight excluding hydrogens is 355 g/mol. The SMILES string of the molecule is CC(C)(C)[C@H]1COC(/C(=N/c2c(Cl)cccc2Cl)c2ccccc2)=N1.